The van der Waals surface area contributed by atoms with Crippen molar-refractivity contribution in [1.82, 2.24) is 5.32 Å². The van der Waals surface area contributed by atoms with Crippen LogP contribution < -0.4 is 10.6 Å². The van der Waals surface area contributed by atoms with Crippen LogP contribution in [0.25, 0.3) is 0 Å². The van der Waals surface area contributed by atoms with E-state index >= 15 is 0 Å². The van der Waals surface area contributed by atoms with Crippen LogP contribution in [0.5, 0.6) is 0 Å². The number of likely N-dealkylation sites (N-methyl/N-ethyl adjacent to an activating group) is 1. The summed E-state index contributed by atoms with van der Waals surface area (Å²) in [5.74, 6) is -0.277. The summed E-state index contributed by atoms with van der Waals surface area (Å²) in [5, 5.41) is 13.9. The Balaban J connectivity index is 2.84. The molecule has 0 saturated carbocycles. The fraction of sp³-hybridized carbons (Fsp3) is 0.333. The minimum Gasteiger partial charge on any atom is -0.376 e. The quantitative estimate of drug-likeness (QED) is 0.881. The van der Waals surface area contributed by atoms with Gasteiger partial charge in [-0.1, -0.05) is 0 Å². The summed E-state index contributed by atoms with van der Waals surface area (Å²) in [7, 11) is 0. The summed E-state index contributed by atoms with van der Waals surface area (Å²) in [6, 6.07) is 4.57. The van der Waals surface area contributed by atoms with Gasteiger partial charge < -0.3 is 10.6 Å². The van der Waals surface area contributed by atoms with Crippen molar-refractivity contribution in [2.24, 2.45) is 0 Å². The van der Waals surface area contributed by atoms with Crippen LogP contribution in [-0.2, 0) is 11.0 Å². The van der Waals surface area contributed by atoms with Crippen LogP contribution >= 0.6 is 0 Å². The Hall–Kier alpha value is -2.23. The Kier molecular flexibility index (Phi) is 4.75. The second-order valence-electron chi connectivity index (χ2n) is 3.68. The lowest BCUT2D eigenvalue weighted by Gasteiger charge is -2.11. The second kappa shape index (κ2) is 6.09. The van der Waals surface area contributed by atoms with Gasteiger partial charge in [0.05, 0.1) is 23.7 Å². The fourth-order valence-electron chi connectivity index (χ4n) is 1.44. The van der Waals surface area contributed by atoms with Crippen LogP contribution in [0, 0.1) is 11.3 Å². The van der Waals surface area contributed by atoms with E-state index in [2.05, 4.69) is 10.6 Å². The molecule has 0 atom stereocenters. The van der Waals surface area contributed by atoms with E-state index in [0.717, 1.165) is 12.1 Å². The first-order chi connectivity index (χ1) is 8.88. The van der Waals surface area contributed by atoms with E-state index in [-0.39, 0.29) is 18.1 Å². The monoisotopic (exact) mass is 271 g/mol. The Labute approximate surface area is 108 Å². The number of nitriles is 1. The van der Waals surface area contributed by atoms with Gasteiger partial charge >= 0.3 is 6.18 Å². The first-order valence-corrected chi connectivity index (χ1v) is 5.50. The molecule has 2 N–H and O–H groups in total. The third-order valence-electron chi connectivity index (χ3n) is 2.27. The highest BCUT2D eigenvalue weighted by atomic mass is 19.4. The molecule has 7 heteroatoms. The zero-order valence-corrected chi connectivity index (χ0v) is 10.1. The van der Waals surface area contributed by atoms with Crippen LogP contribution in [0.4, 0.5) is 18.9 Å². The largest absolute Gasteiger partial charge is 0.417 e. The number of rotatable bonds is 4. The summed E-state index contributed by atoms with van der Waals surface area (Å²) in [4.78, 5) is 11.2. The van der Waals surface area contributed by atoms with Crippen LogP contribution in [0.1, 0.15) is 18.1 Å². The fourth-order valence-corrected chi connectivity index (χ4v) is 1.44. The van der Waals surface area contributed by atoms with E-state index in [9.17, 15) is 18.0 Å². The van der Waals surface area contributed by atoms with Crippen molar-refractivity contribution in [2.75, 3.05) is 18.4 Å². The number of carbonyl (C=O) groups excluding carboxylic acids is 1. The number of benzene rings is 1. The van der Waals surface area contributed by atoms with Gasteiger partial charge in [-0.05, 0) is 25.1 Å². The Morgan fingerprint density at radius 2 is 2.11 bits per heavy atom. The first-order valence-electron chi connectivity index (χ1n) is 5.50. The number of anilines is 1. The molecule has 1 rings (SSSR count). The number of nitrogens with one attached hydrogen (secondary N) is 2. The molecule has 0 radical (unpaired) electrons. The average Bonchev–Trinajstić information content (AvgIpc) is 2.35. The van der Waals surface area contributed by atoms with E-state index in [1.165, 1.54) is 12.1 Å². The highest BCUT2D eigenvalue weighted by molar-refractivity contribution is 5.80. The molecule has 0 aliphatic heterocycles. The van der Waals surface area contributed by atoms with Gasteiger partial charge in [0.2, 0.25) is 5.91 Å². The van der Waals surface area contributed by atoms with E-state index < -0.39 is 17.3 Å². The van der Waals surface area contributed by atoms with Gasteiger partial charge in [0.25, 0.3) is 0 Å². The minimum atomic E-state index is -4.57. The summed E-state index contributed by atoms with van der Waals surface area (Å²) < 4.78 is 37.6. The Bertz CT molecular complexity index is 506. The van der Waals surface area contributed by atoms with E-state index in [4.69, 9.17) is 5.26 Å². The lowest BCUT2D eigenvalue weighted by atomic mass is 10.1. The maximum Gasteiger partial charge on any atom is 0.417 e. The third-order valence-corrected chi connectivity index (χ3v) is 2.27. The maximum absolute atomic E-state index is 12.5. The number of alkyl halides is 3. The van der Waals surface area contributed by atoms with Crippen molar-refractivity contribution in [1.29, 1.82) is 5.26 Å². The van der Waals surface area contributed by atoms with Gasteiger partial charge in [-0.2, -0.15) is 18.4 Å². The van der Waals surface area contributed by atoms with Crippen molar-refractivity contribution in [3.63, 3.8) is 0 Å². The van der Waals surface area contributed by atoms with Gasteiger partial charge in [0.15, 0.2) is 0 Å². The second-order valence-corrected chi connectivity index (χ2v) is 3.68. The minimum absolute atomic E-state index is 0.0654. The molecule has 0 bridgehead atoms. The standard InChI is InChI=1S/C12H12F3N3O/c1-2-17-11(19)7-18-9-3-4-10(12(13,14)15)8(5-9)6-16/h3-5,18H,2,7H2,1H3,(H,17,19). The van der Waals surface area contributed by atoms with E-state index in [1.54, 1.807) is 6.92 Å². The number of halogens is 3. The highest BCUT2D eigenvalue weighted by Gasteiger charge is 2.33. The summed E-state index contributed by atoms with van der Waals surface area (Å²) in [6.45, 7) is 2.16. The molecule has 0 aliphatic carbocycles. The van der Waals surface area contributed by atoms with Gasteiger partial charge in [-0.3, -0.25) is 4.79 Å². The van der Waals surface area contributed by atoms with Crippen molar-refractivity contribution in [3.05, 3.63) is 29.3 Å². The third kappa shape index (κ3) is 4.17. The number of nitrogens with zero attached hydrogens (tertiary/aromatic N) is 1. The molecule has 0 aliphatic rings. The van der Waals surface area contributed by atoms with Crippen LogP contribution in [-0.4, -0.2) is 19.0 Å². The summed E-state index contributed by atoms with van der Waals surface area (Å²) in [6.07, 6.45) is -4.57. The van der Waals surface area contributed by atoms with Crippen molar-refractivity contribution in [2.45, 2.75) is 13.1 Å². The maximum atomic E-state index is 12.5. The van der Waals surface area contributed by atoms with Gasteiger partial charge in [0.1, 0.15) is 0 Å². The number of amides is 1. The number of carbonyl (C=O) groups is 1. The first kappa shape index (κ1) is 14.8. The van der Waals surface area contributed by atoms with Crippen molar-refractivity contribution >= 4 is 11.6 Å². The SMILES string of the molecule is CCNC(=O)CNc1ccc(C(F)(F)F)c(C#N)c1. The molecule has 0 heterocycles. The van der Waals surface area contributed by atoms with Crippen molar-refractivity contribution in [3.8, 4) is 6.07 Å². The van der Waals surface area contributed by atoms with Crippen molar-refractivity contribution < 1.29 is 18.0 Å². The highest BCUT2D eigenvalue weighted by Crippen LogP contribution is 2.32. The molecular formula is C12H12F3N3O. The van der Waals surface area contributed by atoms with Crippen LogP contribution in [0.3, 0.4) is 0 Å². The Morgan fingerprint density at radius 3 is 2.63 bits per heavy atom. The average molecular weight is 271 g/mol. The topological polar surface area (TPSA) is 64.9 Å². The summed E-state index contributed by atoms with van der Waals surface area (Å²) in [5.41, 5.74) is -1.18. The summed E-state index contributed by atoms with van der Waals surface area (Å²) >= 11 is 0. The lowest BCUT2D eigenvalue weighted by Crippen LogP contribution is -2.29. The molecule has 0 aromatic heterocycles. The van der Waals surface area contributed by atoms with Crippen LogP contribution in [0.15, 0.2) is 18.2 Å². The molecule has 1 amide bonds. The predicted octanol–water partition coefficient (Wildman–Crippen LogP) is 2.13. The molecule has 0 saturated heterocycles. The molecule has 0 spiro atoms. The molecular weight excluding hydrogens is 259 g/mol. The zero-order chi connectivity index (χ0) is 14.5. The van der Waals surface area contributed by atoms with Crippen LogP contribution in [0.2, 0.25) is 0 Å². The predicted molar refractivity (Wildman–Crippen MR) is 63.3 cm³/mol. The molecule has 19 heavy (non-hydrogen) atoms. The normalized spacial score (nSPS) is 10.7. The van der Waals surface area contributed by atoms with E-state index in [1.807, 2.05) is 0 Å². The molecule has 1 aromatic rings. The zero-order valence-electron chi connectivity index (χ0n) is 10.1. The number of hydrogen-bond donors (Lipinski definition) is 2. The lowest BCUT2D eigenvalue weighted by molar-refractivity contribution is -0.137. The molecule has 1 aromatic carbocycles. The Morgan fingerprint density at radius 1 is 1.42 bits per heavy atom. The molecule has 102 valence electrons. The van der Waals surface area contributed by atoms with Gasteiger partial charge in [0, 0.05) is 12.2 Å². The molecule has 0 unspecified atom stereocenters. The van der Waals surface area contributed by atoms with E-state index in [0.29, 0.717) is 6.54 Å². The van der Waals surface area contributed by atoms with Gasteiger partial charge in [-0.25, -0.2) is 0 Å². The van der Waals surface area contributed by atoms with Gasteiger partial charge in [-0.15, -0.1) is 0 Å². The molecule has 0 fully saturated rings. The number of hydrogen-bond acceptors (Lipinski definition) is 3. The molecule has 4 nitrogen and oxygen atoms in total. The smallest absolute Gasteiger partial charge is 0.376 e.